The summed E-state index contributed by atoms with van der Waals surface area (Å²) in [4.78, 5) is 29.3. The van der Waals surface area contributed by atoms with Crippen LogP contribution in [-0.2, 0) is 14.9 Å². The maximum absolute atomic E-state index is 12.8. The Bertz CT molecular complexity index is 677. The third kappa shape index (κ3) is 5.08. The van der Waals surface area contributed by atoms with Crippen molar-refractivity contribution in [2.75, 3.05) is 45.9 Å². The van der Waals surface area contributed by atoms with Crippen LogP contribution in [0.25, 0.3) is 0 Å². The fourth-order valence-corrected chi connectivity index (χ4v) is 3.77. The smallest absolute Gasteiger partial charge is 0.251 e. The van der Waals surface area contributed by atoms with Gasteiger partial charge >= 0.3 is 0 Å². The number of amides is 2. The molecule has 0 saturated carbocycles. The van der Waals surface area contributed by atoms with E-state index in [9.17, 15) is 9.59 Å². The van der Waals surface area contributed by atoms with Crippen molar-refractivity contribution in [2.24, 2.45) is 0 Å². The fourth-order valence-electron chi connectivity index (χ4n) is 3.77. The lowest BCUT2D eigenvalue weighted by Gasteiger charge is -2.28. The van der Waals surface area contributed by atoms with Crippen molar-refractivity contribution in [3.05, 3.63) is 35.4 Å². The molecule has 27 heavy (non-hydrogen) atoms. The summed E-state index contributed by atoms with van der Waals surface area (Å²) < 4.78 is 5.36. The second-order valence-corrected chi connectivity index (χ2v) is 8.46. The first-order valence-electron chi connectivity index (χ1n) is 9.83. The van der Waals surface area contributed by atoms with Gasteiger partial charge in [0.05, 0.1) is 19.3 Å². The number of benzene rings is 1. The van der Waals surface area contributed by atoms with Crippen LogP contribution in [0.2, 0.25) is 0 Å². The van der Waals surface area contributed by atoms with Gasteiger partial charge in [0.2, 0.25) is 5.91 Å². The summed E-state index contributed by atoms with van der Waals surface area (Å²) in [6.07, 6.45) is 0.381. The van der Waals surface area contributed by atoms with Crippen molar-refractivity contribution >= 4 is 11.8 Å². The molecule has 0 radical (unpaired) electrons. The molecule has 1 atom stereocenters. The van der Waals surface area contributed by atoms with Gasteiger partial charge in [0.25, 0.3) is 5.91 Å². The molecule has 2 aliphatic rings. The average molecular weight is 373 g/mol. The van der Waals surface area contributed by atoms with Crippen LogP contribution in [0.4, 0.5) is 0 Å². The Balaban J connectivity index is 1.56. The van der Waals surface area contributed by atoms with E-state index in [0.717, 1.165) is 38.4 Å². The average Bonchev–Trinajstić information content (AvgIpc) is 2.99. The Morgan fingerprint density at radius 3 is 2.59 bits per heavy atom. The quantitative estimate of drug-likeness (QED) is 0.853. The Morgan fingerprint density at radius 2 is 1.89 bits per heavy atom. The second-order valence-electron chi connectivity index (χ2n) is 8.46. The summed E-state index contributed by atoms with van der Waals surface area (Å²) in [5.41, 5.74) is 1.61. The van der Waals surface area contributed by atoms with E-state index in [1.807, 2.05) is 29.2 Å². The molecule has 6 heteroatoms. The topological polar surface area (TPSA) is 61.9 Å². The summed E-state index contributed by atoms with van der Waals surface area (Å²) in [7, 11) is 0. The fraction of sp³-hybridized carbons (Fsp3) is 0.619. The number of likely N-dealkylation sites (tertiary alicyclic amines) is 1. The largest absolute Gasteiger partial charge is 0.379 e. The van der Waals surface area contributed by atoms with Gasteiger partial charge in [-0.3, -0.25) is 14.5 Å². The molecule has 1 aromatic rings. The molecule has 1 aromatic carbocycles. The number of rotatable bonds is 5. The highest BCUT2D eigenvalue weighted by Crippen LogP contribution is 2.26. The number of ether oxygens (including phenoxy) is 1. The van der Waals surface area contributed by atoms with Crippen LogP contribution in [0.5, 0.6) is 0 Å². The molecule has 0 aromatic heterocycles. The van der Waals surface area contributed by atoms with Gasteiger partial charge in [-0.05, 0) is 17.0 Å². The zero-order valence-corrected chi connectivity index (χ0v) is 16.7. The first-order valence-corrected chi connectivity index (χ1v) is 9.83. The Morgan fingerprint density at radius 1 is 1.19 bits per heavy atom. The highest BCUT2D eigenvalue weighted by Gasteiger charge is 2.31. The third-order valence-corrected chi connectivity index (χ3v) is 5.32. The Labute approximate surface area is 161 Å². The summed E-state index contributed by atoms with van der Waals surface area (Å²) in [5.74, 6) is 0.0334. The Hall–Kier alpha value is -1.92. The minimum atomic E-state index is -0.122. The molecule has 148 valence electrons. The molecule has 2 amide bonds. The van der Waals surface area contributed by atoms with E-state index in [2.05, 4.69) is 31.0 Å². The highest BCUT2D eigenvalue weighted by molar-refractivity contribution is 5.96. The van der Waals surface area contributed by atoms with Crippen LogP contribution in [0, 0.1) is 0 Å². The van der Waals surface area contributed by atoms with E-state index in [0.29, 0.717) is 25.1 Å². The van der Waals surface area contributed by atoms with Crippen molar-refractivity contribution < 1.29 is 14.3 Å². The first kappa shape index (κ1) is 19.8. The van der Waals surface area contributed by atoms with Gasteiger partial charge in [-0.1, -0.05) is 39.0 Å². The molecule has 2 heterocycles. The molecular weight excluding hydrogens is 342 g/mol. The molecule has 2 fully saturated rings. The Kier molecular flexibility index (Phi) is 6.17. The van der Waals surface area contributed by atoms with Crippen LogP contribution in [-0.4, -0.2) is 73.6 Å². The van der Waals surface area contributed by atoms with E-state index in [-0.39, 0.29) is 23.3 Å². The van der Waals surface area contributed by atoms with Gasteiger partial charge in [0.1, 0.15) is 0 Å². The first-order chi connectivity index (χ1) is 12.8. The number of morpholine rings is 1. The predicted molar refractivity (Wildman–Crippen MR) is 105 cm³/mol. The van der Waals surface area contributed by atoms with Crippen LogP contribution >= 0.6 is 0 Å². The lowest BCUT2D eigenvalue weighted by atomic mass is 9.83. The molecule has 6 nitrogen and oxygen atoms in total. The van der Waals surface area contributed by atoms with E-state index < -0.39 is 0 Å². The van der Waals surface area contributed by atoms with Gasteiger partial charge in [-0.2, -0.15) is 0 Å². The van der Waals surface area contributed by atoms with Crippen LogP contribution < -0.4 is 5.32 Å². The van der Waals surface area contributed by atoms with E-state index >= 15 is 0 Å². The second kappa shape index (κ2) is 8.40. The number of nitrogens with one attached hydrogen (secondary N) is 1. The normalized spacial score (nSPS) is 21.5. The van der Waals surface area contributed by atoms with Crippen molar-refractivity contribution in [1.29, 1.82) is 0 Å². The maximum Gasteiger partial charge on any atom is 0.251 e. The zero-order chi connectivity index (χ0) is 19.4. The van der Waals surface area contributed by atoms with Gasteiger partial charge in [0, 0.05) is 44.7 Å². The van der Waals surface area contributed by atoms with E-state index in [1.54, 1.807) is 0 Å². The third-order valence-electron chi connectivity index (χ3n) is 5.32. The monoisotopic (exact) mass is 373 g/mol. The SMILES string of the molecule is CC(C)(C)c1ccccc1C(=O)NC1CC(=O)N(CCN2CCOCC2)C1. The van der Waals surface area contributed by atoms with Gasteiger partial charge in [-0.25, -0.2) is 0 Å². The molecule has 2 aliphatic heterocycles. The summed E-state index contributed by atoms with van der Waals surface area (Å²) >= 11 is 0. The molecule has 0 aliphatic carbocycles. The van der Waals surface area contributed by atoms with Gasteiger partial charge in [0.15, 0.2) is 0 Å². The van der Waals surface area contributed by atoms with Crippen molar-refractivity contribution in [2.45, 2.75) is 38.6 Å². The molecule has 3 rings (SSSR count). The number of carbonyl (C=O) groups is 2. The van der Waals surface area contributed by atoms with E-state index in [4.69, 9.17) is 4.74 Å². The number of hydrogen-bond donors (Lipinski definition) is 1. The molecule has 0 spiro atoms. The van der Waals surface area contributed by atoms with E-state index in [1.165, 1.54) is 0 Å². The lowest BCUT2D eigenvalue weighted by molar-refractivity contribution is -0.128. The molecule has 2 saturated heterocycles. The molecule has 0 bridgehead atoms. The highest BCUT2D eigenvalue weighted by atomic mass is 16.5. The molecule has 1 N–H and O–H groups in total. The number of hydrogen-bond acceptors (Lipinski definition) is 4. The van der Waals surface area contributed by atoms with Crippen molar-refractivity contribution in [1.82, 2.24) is 15.1 Å². The summed E-state index contributed by atoms with van der Waals surface area (Å²) in [6.45, 7) is 11.8. The summed E-state index contributed by atoms with van der Waals surface area (Å²) in [5, 5.41) is 3.07. The maximum atomic E-state index is 12.8. The van der Waals surface area contributed by atoms with Crippen molar-refractivity contribution in [3.8, 4) is 0 Å². The number of nitrogens with zero attached hydrogens (tertiary/aromatic N) is 2. The van der Waals surface area contributed by atoms with Gasteiger partial charge < -0.3 is 15.0 Å². The molecule has 1 unspecified atom stereocenters. The van der Waals surface area contributed by atoms with Crippen LogP contribution in [0.15, 0.2) is 24.3 Å². The lowest BCUT2D eigenvalue weighted by Crippen LogP contribution is -2.43. The minimum absolute atomic E-state index is 0.0895. The van der Waals surface area contributed by atoms with Crippen molar-refractivity contribution in [3.63, 3.8) is 0 Å². The van der Waals surface area contributed by atoms with Crippen LogP contribution in [0.1, 0.15) is 43.1 Å². The summed E-state index contributed by atoms with van der Waals surface area (Å²) in [6, 6.07) is 7.59. The minimum Gasteiger partial charge on any atom is -0.379 e. The van der Waals surface area contributed by atoms with Crippen LogP contribution in [0.3, 0.4) is 0 Å². The standard InChI is InChI=1S/C21H31N3O3/c1-21(2,3)18-7-5-4-6-17(18)20(26)22-16-14-19(25)24(15-16)9-8-23-10-12-27-13-11-23/h4-7,16H,8-15H2,1-3H3,(H,22,26). The molecular formula is C21H31N3O3. The predicted octanol–water partition coefficient (Wildman–Crippen LogP) is 1.65. The van der Waals surface area contributed by atoms with Gasteiger partial charge in [-0.15, -0.1) is 0 Å². The zero-order valence-electron chi connectivity index (χ0n) is 16.7. The number of carbonyl (C=O) groups excluding carboxylic acids is 2.